The lowest BCUT2D eigenvalue weighted by Crippen LogP contribution is -2.58. The van der Waals surface area contributed by atoms with Gasteiger partial charge in [-0.1, -0.05) is 16.8 Å². The number of hydrogen-bond donors (Lipinski definition) is 2. The van der Waals surface area contributed by atoms with Gasteiger partial charge in [0.2, 0.25) is 5.60 Å². The van der Waals surface area contributed by atoms with Gasteiger partial charge in [0.05, 0.1) is 0 Å². The van der Waals surface area contributed by atoms with Crippen molar-refractivity contribution in [2.24, 2.45) is 5.16 Å². The summed E-state index contributed by atoms with van der Waals surface area (Å²) in [6, 6.07) is 5.05. The van der Waals surface area contributed by atoms with Gasteiger partial charge < -0.3 is 19.4 Å². The molecule has 1 aromatic carbocycles. The molecule has 0 spiro atoms. The molecule has 2 atom stereocenters. The van der Waals surface area contributed by atoms with Crippen molar-refractivity contribution < 1.29 is 33.8 Å². The van der Waals surface area contributed by atoms with E-state index in [1.165, 1.54) is 6.92 Å². The minimum Gasteiger partial charge on any atom is -0.486 e. The summed E-state index contributed by atoms with van der Waals surface area (Å²) in [5.74, 6) is -0.176. The van der Waals surface area contributed by atoms with Crippen LogP contribution in [0.15, 0.2) is 23.4 Å². The highest BCUT2D eigenvalue weighted by Gasteiger charge is 2.50. The predicted molar refractivity (Wildman–Crippen MR) is 118 cm³/mol. The van der Waals surface area contributed by atoms with Crippen LogP contribution in [0.5, 0.6) is 5.75 Å². The number of carbonyl (C=O) groups is 2. The highest BCUT2D eigenvalue weighted by Crippen LogP contribution is 2.35. The normalized spacial score (nSPS) is 18.6. The van der Waals surface area contributed by atoms with Crippen molar-refractivity contribution in [3.8, 4) is 5.75 Å². The van der Waals surface area contributed by atoms with E-state index >= 15 is 0 Å². The second-order valence-electron chi connectivity index (χ2n) is 9.67. The number of benzene rings is 1. The van der Waals surface area contributed by atoms with Crippen LogP contribution in [0.4, 0.5) is 4.79 Å². The van der Waals surface area contributed by atoms with Gasteiger partial charge in [0.25, 0.3) is 0 Å². The number of halogens is 1. The van der Waals surface area contributed by atoms with Gasteiger partial charge in [0.1, 0.15) is 23.1 Å². The van der Waals surface area contributed by atoms with Gasteiger partial charge in [-0.05, 0) is 85.1 Å². The van der Waals surface area contributed by atoms with E-state index in [4.69, 9.17) is 35.9 Å². The molecule has 10 heteroatoms. The fourth-order valence-electron chi connectivity index (χ4n) is 3.03. The van der Waals surface area contributed by atoms with Gasteiger partial charge in [0, 0.05) is 5.56 Å². The zero-order chi connectivity index (χ0) is 24.3. The summed E-state index contributed by atoms with van der Waals surface area (Å²) in [5.41, 5.74) is 0.370. The Kier molecular flexibility index (Phi) is 7.67. The SMILES string of the molecule is CC(C)(C)OC(=O)NO[C@](C)(C(=O)OC(C)(C)C)[C@H]1CCc2cc(/C(Cl)=N/O)ccc2O1. The van der Waals surface area contributed by atoms with Gasteiger partial charge in [-0.25, -0.2) is 14.4 Å². The number of nitrogens with one attached hydrogen (secondary N) is 1. The zero-order valence-electron chi connectivity index (χ0n) is 19.4. The van der Waals surface area contributed by atoms with Gasteiger partial charge >= 0.3 is 12.1 Å². The maximum absolute atomic E-state index is 13.1. The van der Waals surface area contributed by atoms with Crippen molar-refractivity contribution in [1.29, 1.82) is 0 Å². The first-order valence-electron chi connectivity index (χ1n) is 10.2. The Bertz CT molecular complexity index is 889. The smallest absolute Gasteiger partial charge is 0.431 e. The van der Waals surface area contributed by atoms with Crippen molar-refractivity contribution in [3.63, 3.8) is 0 Å². The third kappa shape index (κ3) is 6.74. The summed E-state index contributed by atoms with van der Waals surface area (Å²) < 4.78 is 16.8. The fourth-order valence-corrected chi connectivity index (χ4v) is 3.14. The third-order valence-electron chi connectivity index (χ3n) is 4.50. The van der Waals surface area contributed by atoms with Crippen LogP contribution in [0, 0.1) is 0 Å². The van der Waals surface area contributed by atoms with Gasteiger partial charge in [-0.3, -0.25) is 0 Å². The summed E-state index contributed by atoms with van der Waals surface area (Å²) in [6.45, 7) is 11.8. The van der Waals surface area contributed by atoms with Crippen molar-refractivity contribution in [1.82, 2.24) is 5.48 Å². The largest absolute Gasteiger partial charge is 0.486 e. The molecule has 178 valence electrons. The van der Waals surface area contributed by atoms with Crippen LogP contribution in [0.1, 0.15) is 66.0 Å². The minimum atomic E-state index is -1.66. The number of oxime groups is 1. The molecule has 1 aromatic rings. The van der Waals surface area contributed by atoms with Crippen LogP contribution in [-0.4, -0.2) is 45.3 Å². The van der Waals surface area contributed by atoms with Gasteiger partial charge in [0.15, 0.2) is 5.17 Å². The predicted octanol–water partition coefficient (Wildman–Crippen LogP) is 4.31. The van der Waals surface area contributed by atoms with Gasteiger partial charge in [-0.2, -0.15) is 5.48 Å². The minimum absolute atomic E-state index is 0.0431. The van der Waals surface area contributed by atoms with Crippen LogP contribution in [0.25, 0.3) is 0 Å². The molecule has 2 N–H and O–H groups in total. The Labute approximate surface area is 192 Å². The fraction of sp³-hybridized carbons (Fsp3) is 0.591. The number of fused-ring (bicyclic) bond motifs is 1. The molecule has 1 aliphatic rings. The van der Waals surface area contributed by atoms with E-state index in [2.05, 4.69) is 10.6 Å². The number of ether oxygens (including phenoxy) is 3. The van der Waals surface area contributed by atoms with E-state index in [9.17, 15) is 9.59 Å². The third-order valence-corrected chi connectivity index (χ3v) is 4.79. The lowest BCUT2D eigenvalue weighted by Gasteiger charge is -2.39. The lowest BCUT2D eigenvalue weighted by atomic mass is 9.90. The molecule has 32 heavy (non-hydrogen) atoms. The number of hydroxylamine groups is 1. The molecule has 0 fully saturated rings. The monoisotopic (exact) mass is 470 g/mol. The number of amides is 1. The van der Waals surface area contributed by atoms with E-state index in [1.807, 2.05) is 0 Å². The standard InChI is InChI=1S/C22H31ClN2O7/c1-20(2,3)30-18(26)22(7,32-25-19(27)31-21(4,5)6)16-11-9-13-12-14(17(23)24-28)8-10-15(13)29-16/h8,10,12,16,28H,9,11H2,1-7H3,(H,25,27)/b24-17-/t16-,22+/m1/s1. The molecule has 1 aliphatic heterocycles. The molecular formula is C22H31ClN2O7. The Balaban J connectivity index is 2.27. The Morgan fingerprint density at radius 2 is 1.75 bits per heavy atom. The quantitative estimate of drug-likeness (QED) is 0.285. The first-order chi connectivity index (χ1) is 14.6. The van der Waals surface area contributed by atoms with Crippen LogP contribution in [0.2, 0.25) is 0 Å². The molecule has 1 amide bonds. The molecule has 0 aliphatic carbocycles. The van der Waals surface area contributed by atoms with Crippen LogP contribution < -0.4 is 10.2 Å². The summed E-state index contributed by atoms with van der Waals surface area (Å²) >= 11 is 5.88. The van der Waals surface area contributed by atoms with Crippen LogP contribution in [0.3, 0.4) is 0 Å². The van der Waals surface area contributed by atoms with Crippen LogP contribution in [-0.2, 0) is 25.5 Å². The van der Waals surface area contributed by atoms with E-state index in [0.29, 0.717) is 24.2 Å². The van der Waals surface area contributed by atoms with Crippen molar-refractivity contribution in [2.75, 3.05) is 0 Å². The van der Waals surface area contributed by atoms with E-state index in [0.717, 1.165) is 5.56 Å². The number of carbonyl (C=O) groups excluding carboxylic acids is 2. The van der Waals surface area contributed by atoms with Crippen molar-refractivity contribution in [2.45, 2.75) is 84.2 Å². The maximum Gasteiger partial charge on any atom is 0.431 e. The molecule has 2 rings (SSSR count). The zero-order valence-corrected chi connectivity index (χ0v) is 20.2. The Morgan fingerprint density at radius 1 is 1.12 bits per heavy atom. The molecule has 1 heterocycles. The average Bonchev–Trinajstić information content (AvgIpc) is 2.68. The summed E-state index contributed by atoms with van der Waals surface area (Å²) in [4.78, 5) is 30.8. The summed E-state index contributed by atoms with van der Waals surface area (Å²) in [7, 11) is 0. The number of aryl methyl sites for hydroxylation is 1. The first-order valence-corrected chi connectivity index (χ1v) is 10.6. The molecule has 0 radical (unpaired) electrons. The molecular weight excluding hydrogens is 440 g/mol. The molecule has 0 saturated heterocycles. The van der Waals surface area contributed by atoms with Crippen molar-refractivity contribution >= 4 is 28.8 Å². The highest BCUT2D eigenvalue weighted by molar-refractivity contribution is 6.69. The Morgan fingerprint density at radius 3 is 2.31 bits per heavy atom. The Hall–Kier alpha value is -2.52. The lowest BCUT2D eigenvalue weighted by molar-refractivity contribution is -0.205. The summed E-state index contributed by atoms with van der Waals surface area (Å²) in [6.07, 6.45) is -0.702. The summed E-state index contributed by atoms with van der Waals surface area (Å²) in [5, 5.41) is 11.8. The molecule has 9 nitrogen and oxygen atoms in total. The number of hydrogen-bond acceptors (Lipinski definition) is 8. The van der Waals surface area contributed by atoms with E-state index in [1.54, 1.807) is 59.7 Å². The average molecular weight is 471 g/mol. The topological polar surface area (TPSA) is 116 Å². The molecule has 0 saturated carbocycles. The van der Waals surface area contributed by atoms with Crippen molar-refractivity contribution in [3.05, 3.63) is 29.3 Å². The molecule has 0 unspecified atom stereocenters. The highest BCUT2D eigenvalue weighted by atomic mass is 35.5. The second kappa shape index (κ2) is 9.54. The second-order valence-corrected chi connectivity index (χ2v) is 10.0. The maximum atomic E-state index is 13.1. The van der Waals surface area contributed by atoms with E-state index in [-0.39, 0.29) is 5.17 Å². The molecule has 0 aromatic heterocycles. The first kappa shape index (κ1) is 25.7. The number of rotatable bonds is 5. The molecule has 0 bridgehead atoms. The number of esters is 1. The number of nitrogens with zero attached hydrogens (tertiary/aromatic N) is 1. The van der Waals surface area contributed by atoms with E-state index < -0.39 is 35.0 Å². The van der Waals surface area contributed by atoms with Crippen LogP contribution >= 0.6 is 11.6 Å². The van der Waals surface area contributed by atoms with Gasteiger partial charge in [-0.15, -0.1) is 0 Å².